The number of rotatable bonds is 2. The number of benzene rings is 2. The fourth-order valence-corrected chi connectivity index (χ4v) is 3.61. The van der Waals surface area contributed by atoms with Crippen molar-refractivity contribution in [3.63, 3.8) is 0 Å². The van der Waals surface area contributed by atoms with Gasteiger partial charge in [-0.2, -0.15) is 13.2 Å². The molecule has 2 heterocycles. The summed E-state index contributed by atoms with van der Waals surface area (Å²) in [6, 6.07) is 7.59. The standard InChI is InChI=1S/C21H16F5N3O2/c22-13-3-4-15(16(10-13)21(24,25)26)19(30)28-5-7-29(8-6-28)20(31)18-9-12-1-2-14(23)11-17(12)27-18/h1-4,9-11,27H,5-8H2. The summed E-state index contributed by atoms with van der Waals surface area (Å²) in [5.74, 6) is -2.76. The molecule has 5 nitrogen and oxygen atoms in total. The molecule has 3 aromatic rings. The molecule has 2 aromatic carbocycles. The Labute approximate surface area is 173 Å². The molecule has 4 rings (SSSR count). The van der Waals surface area contributed by atoms with E-state index < -0.39 is 34.8 Å². The molecule has 0 spiro atoms. The van der Waals surface area contributed by atoms with E-state index in [4.69, 9.17) is 0 Å². The minimum Gasteiger partial charge on any atom is -0.350 e. The third-order valence-electron chi connectivity index (χ3n) is 5.19. The van der Waals surface area contributed by atoms with E-state index in [1.165, 1.54) is 28.0 Å². The minimum atomic E-state index is -4.88. The Hall–Kier alpha value is -3.43. The lowest BCUT2D eigenvalue weighted by Gasteiger charge is -2.35. The first-order valence-electron chi connectivity index (χ1n) is 9.37. The van der Waals surface area contributed by atoms with Gasteiger partial charge < -0.3 is 14.8 Å². The molecule has 0 unspecified atom stereocenters. The quantitative estimate of drug-likeness (QED) is 0.615. The lowest BCUT2D eigenvalue weighted by atomic mass is 10.0. The normalized spacial score (nSPS) is 14.9. The van der Waals surface area contributed by atoms with Crippen molar-refractivity contribution in [2.45, 2.75) is 6.18 Å². The maximum Gasteiger partial charge on any atom is 0.417 e. The number of aromatic amines is 1. The summed E-state index contributed by atoms with van der Waals surface area (Å²) in [5, 5.41) is 0.662. The van der Waals surface area contributed by atoms with Crippen LogP contribution in [0.3, 0.4) is 0 Å². The SMILES string of the molecule is O=C(c1cc2ccc(F)cc2[nH]1)N1CCN(C(=O)c2ccc(F)cc2C(F)(F)F)CC1. The van der Waals surface area contributed by atoms with Gasteiger partial charge in [0.15, 0.2) is 0 Å². The van der Waals surface area contributed by atoms with Gasteiger partial charge in [-0.1, -0.05) is 0 Å². The van der Waals surface area contributed by atoms with Crippen LogP contribution >= 0.6 is 0 Å². The third-order valence-corrected chi connectivity index (χ3v) is 5.19. The summed E-state index contributed by atoms with van der Waals surface area (Å²) < 4.78 is 66.3. The number of fused-ring (bicyclic) bond motifs is 1. The summed E-state index contributed by atoms with van der Waals surface area (Å²) in [5.41, 5.74) is -1.25. The minimum absolute atomic E-state index is 0.0219. The Morgan fingerprint density at radius 1 is 0.806 bits per heavy atom. The topological polar surface area (TPSA) is 56.4 Å². The van der Waals surface area contributed by atoms with Gasteiger partial charge in [0.05, 0.1) is 11.1 Å². The van der Waals surface area contributed by atoms with E-state index in [9.17, 15) is 31.5 Å². The first-order valence-corrected chi connectivity index (χ1v) is 9.37. The van der Waals surface area contributed by atoms with Crippen molar-refractivity contribution in [2.75, 3.05) is 26.2 Å². The molecule has 0 atom stereocenters. The highest BCUT2D eigenvalue weighted by molar-refractivity contribution is 5.99. The number of nitrogens with one attached hydrogen (secondary N) is 1. The second kappa shape index (κ2) is 7.68. The van der Waals surface area contributed by atoms with Crippen LogP contribution < -0.4 is 0 Å². The Kier molecular flexibility index (Phi) is 5.16. The van der Waals surface area contributed by atoms with Crippen molar-refractivity contribution in [3.05, 3.63) is 70.9 Å². The number of aromatic nitrogens is 1. The summed E-state index contributed by atoms with van der Waals surface area (Å²) in [7, 11) is 0. The number of amides is 2. The molecule has 2 amide bonds. The molecule has 162 valence electrons. The molecule has 1 N–H and O–H groups in total. The van der Waals surface area contributed by atoms with Gasteiger partial charge in [-0.15, -0.1) is 0 Å². The average molecular weight is 437 g/mol. The average Bonchev–Trinajstić information content (AvgIpc) is 3.15. The van der Waals surface area contributed by atoms with Crippen LogP contribution in [0.1, 0.15) is 26.4 Å². The van der Waals surface area contributed by atoms with Crippen molar-refractivity contribution in [1.82, 2.24) is 14.8 Å². The zero-order valence-corrected chi connectivity index (χ0v) is 16.0. The molecule has 0 radical (unpaired) electrons. The number of alkyl halides is 3. The van der Waals surface area contributed by atoms with Crippen LogP contribution in [-0.2, 0) is 6.18 Å². The summed E-state index contributed by atoms with van der Waals surface area (Å²) >= 11 is 0. The predicted molar refractivity (Wildman–Crippen MR) is 101 cm³/mol. The molecule has 0 bridgehead atoms. The Balaban J connectivity index is 1.47. The molecule has 1 aromatic heterocycles. The van der Waals surface area contributed by atoms with Gasteiger partial charge in [-0.05, 0) is 42.5 Å². The second-order valence-electron chi connectivity index (χ2n) is 7.19. The van der Waals surface area contributed by atoms with E-state index in [1.54, 1.807) is 6.07 Å². The predicted octanol–water partition coefficient (Wildman–Crippen LogP) is 4.06. The number of nitrogens with zero attached hydrogens (tertiary/aromatic N) is 2. The molecule has 10 heteroatoms. The monoisotopic (exact) mass is 437 g/mol. The highest BCUT2D eigenvalue weighted by Gasteiger charge is 2.37. The molecule has 1 aliphatic rings. The van der Waals surface area contributed by atoms with Crippen molar-refractivity contribution < 1.29 is 31.5 Å². The van der Waals surface area contributed by atoms with Gasteiger partial charge >= 0.3 is 6.18 Å². The van der Waals surface area contributed by atoms with E-state index in [0.29, 0.717) is 17.0 Å². The lowest BCUT2D eigenvalue weighted by Crippen LogP contribution is -2.50. The zero-order valence-electron chi connectivity index (χ0n) is 16.0. The number of H-pyrrole nitrogens is 1. The van der Waals surface area contributed by atoms with Crippen LogP contribution in [0, 0.1) is 11.6 Å². The van der Waals surface area contributed by atoms with Gasteiger partial charge in [0.2, 0.25) is 0 Å². The van der Waals surface area contributed by atoms with Crippen LogP contribution in [0.5, 0.6) is 0 Å². The third kappa shape index (κ3) is 4.10. The molecule has 0 saturated carbocycles. The first-order chi connectivity index (χ1) is 14.6. The molecule has 1 saturated heterocycles. The lowest BCUT2D eigenvalue weighted by molar-refractivity contribution is -0.138. The van der Waals surface area contributed by atoms with E-state index >= 15 is 0 Å². The van der Waals surface area contributed by atoms with E-state index in [-0.39, 0.29) is 37.8 Å². The van der Waals surface area contributed by atoms with Gasteiger partial charge in [-0.3, -0.25) is 9.59 Å². The summed E-state index contributed by atoms with van der Waals surface area (Å²) in [4.78, 5) is 30.9. The fraction of sp³-hybridized carbons (Fsp3) is 0.238. The summed E-state index contributed by atoms with van der Waals surface area (Å²) in [6.07, 6.45) is -4.88. The van der Waals surface area contributed by atoms with Gasteiger partial charge in [-0.25, -0.2) is 8.78 Å². The van der Waals surface area contributed by atoms with Crippen molar-refractivity contribution in [3.8, 4) is 0 Å². The van der Waals surface area contributed by atoms with Gasteiger partial charge in [0.1, 0.15) is 17.3 Å². The molecule has 31 heavy (non-hydrogen) atoms. The number of hydrogen-bond acceptors (Lipinski definition) is 2. The van der Waals surface area contributed by atoms with E-state index in [0.717, 1.165) is 12.1 Å². The molecule has 1 aliphatic heterocycles. The number of carbonyl (C=O) groups is 2. The highest BCUT2D eigenvalue weighted by Crippen LogP contribution is 2.33. The van der Waals surface area contributed by atoms with Gasteiger partial charge in [0, 0.05) is 37.1 Å². The largest absolute Gasteiger partial charge is 0.417 e. The maximum atomic E-state index is 13.3. The van der Waals surface area contributed by atoms with Crippen LogP contribution in [-0.4, -0.2) is 52.8 Å². The highest BCUT2D eigenvalue weighted by atomic mass is 19.4. The first kappa shape index (κ1) is 20.8. The zero-order chi connectivity index (χ0) is 22.3. The van der Waals surface area contributed by atoms with E-state index in [2.05, 4.69) is 4.98 Å². The smallest absolute Gasteiger partial charge is 0.350 e. The van der Waals surface area contributed by atoms with Crippen LogP contribution in [0.2, 0.25) is 0 Å². The number of piperazine rings is 1. The van der Waals surface area contributed by atoms with Crippen LogP contribution in [0.25, 0.3) is 10.9 Å². The molecular weight excluding hydrogens is 421 g/mol. The Morgan fingerprint density at radius 3 is 2.03 bits per heavy atom. The van der Waals surface area contributed by atoms with Crippen LogP contribution in [0.4, 0.5) is 22.0 Å². The maximum absolute atomic E-state index is 13.3. The van der Waals surface area contributed by atoms with Crippen molar-refractivity contribution >= 4 is 22.7 Å². The van der Waals surface area contributed by atoms with Crippen molar-refractivity contribution in [1.29, 1.82) is 0 Å². The second-order valence-corrected chi connectivity index (χ2v) is 7.19. The number of halogens is 5. The fourth-order valence-electron chi connectivity index (χ4n) is 3.61. The van der Waals surface area contributed by atoms with Gasteiger partial charge in [0.25, 0.3) is 11.8 Å². The Bertz CT molecular complexity index is 1160. The molecule has 0 aliphatic carbocycles. The number of hydrogen-bond donors (Lipinski definition) is 1. The summed E-state index contributed by atoms with van der Waals surface area (Å²) in [6.45, 7) is 0.260. The molecule has 1 fully saturated rings. The Morgan fingerprint density at radius 2 is 1.39 bits per heavy atom. The number of carbonyl (C=O) groups excluding carboxylic acids is 2. The molecular formula is C21H16F5N3O2. The van der Waals surface area contributed by atoms with Crippen molar-refractivity contribution in [2.24, 2.45) is 0 Å². The van der Waals surface area contributed by atoms with Crippen LogP contribution in [0.15, 0.2) is 42.5 Å². The van der Waals surface area contributed by atoms with E-state index in [1.807, 2.05) is 0 Å².